The maximum absolute atomic E-state index is 12.1. The summed E-state index contributed by atoms with van der Waals surface area (Å²) in [6.45, 7) is 1.95. The Morgan fingerprint density at radius 1 is 1.35 bits per heavy atom. The molecule has 0 unspecified atom stereocenters. The van der Waals surface area contributed by atoms with Crippen molar-refractivity contribution in [1.29, 1.82) is 0 Å². The summed E-state index contributed by atoms with van der Waals surface area (Å²) in [6.07, 6.45) is 0.561. The summed E-state index contributed by atoms with van der Waals surface area (Å²) in [5.41, 5.74) is 1.49. The highest BCUT2D eigenvalue weighted by Crippen LogP contribution is 2.21. The van der Waals surface area contributed by atoms with Crippen LogP contribution < -0.4 is 0 Å². The number of aromatic nitrogens is 1. The van der Waals surface area contributed by atoms with E-state index in [0.29, 0.717) is 17.0 Å². The lowest BCUT2D eigenvalue weighted by atomic mass is 10.1. The van der Waals surface area contributed by atoms with Gasteiger partial charge < -0.3 is 5.11 Å². The highest BCUT2D eigenvalue weighted by Gasteiger charge is 2.15. The Bertz CT molecular complexity index is 519. The van der Waals surface area contributed by atoms with Crippen LogP contribution in [0.1, 0.15) is 25.9 Å². The number of hydrogen-bond acceptors (Lipinski definition) is 4. The second kappa shape index (κ2) is 5.21. The number of carbonyl (C=O) groups is 1. The number of ketones is 1. The molecule has 0 aliphatic rings. The number of nitrogens with zero attached hydrogens (tertiary/aromatic N) is 1. The molecule has 2 rings (SSSR count). The van der Waals surface area contributed by atoms with E-state index in [-0.39, 0.29) is 12.4 Å². The number of hydrogen-bond donors (Lipinski definition) is 1. The molecular weight excluding hydrogens is 234 g/mol. The van der Waals surface area contributed by atoms with Gasteiger partial charge in [0.25, 0.3) is 0 Å². The standard InChI is InChI=1S/C13H13NO2S/c1-9-11(7-8-15)17-13(14-9)12(16)10-5-3-2-4-6-10/h2-6,15H,7-8H2,1H3. The summed E-state index contributed by atoms with van der Waals surface area (Å²) in [4.78, 5) is 17.3. The molecule has 0 bridgehead atoms. The van der Waals surface area contributed by atoms with Crippen molar-refractivity contribution < 1.29 is 9.90 Å². The Morgan fingerprint density at radius 3 is 2.71 bits per heavy atom. The summed E-state index contributed by atoms with van der Waals surface area (Å²) in [5.74, 6) is -0.0529. The van der Waals surface area contributed by atoms with Crippen LogP contribution in [0.25, 0.3) is 0 Å². The molecule has 2 aromatic rings. The molecule has 88 valence electrons. The lowest BCUT2D eigenvalue weighted by Gasteiger charge is -1.95. The number of aliphatic hydroxyl groups excluding tert-OH is 1. The van der Waals surface area contributed by atoms with Crippen molar-refractivity contribution in [2.24, 2.45) is 0 Å². The fraction of sp³-hybridized carbons (Fsp3) is 0.231. The van der Waals surface area contributed by atoms with Crippen molar-refractivity contribution in [2.45, 2.75) is 13.3 Å². The van der Waals surface area contributed by atoms with Crippen molar-refractivity contribution in [3.05, 3.63) is 51.5 Å². The molecule has 0 fully saturated rings. The first-order chi connectivity index (χ1) is 8.22. The molecule has 0 atom stereocenters. The fourth-order valence-corrected chi connectivity index (χ4v) is 2.58. The van der Waals surface area contributed by atoms with E-state index in [2.05, 4.69) is 4.98 Å². The van der Waals surface area contributed by atoms with E-state index in [1.54, 1.807) is 12.1 Å². The third-order valence-electron chi connectivity index (χ3n) is 2.46. The van der Waals surface area contributed by atoms with Gasteiger partial charge in [-0.15, -0.1) is 11.3 Å². The minimum Gasteiger partial charge on any atom is -0.396 e. The Labute approximate surface area is 104 Å². The van der Waals surface area contributed by atoms with E-state index in [9.17, 15) is 4.79 Å². The van der Waals surface area contributed by atoms with Crippen molar-refractivity contribution in [2.75, 3.05) is 6.61 Å². The topological polar surface area (TPSA) is 50.2 Å². The Hall–Kier alpha value is -1.52. The van der Waals surface area contributed by atoms with Gasteiger partial charge in [-0.1, -0.05) is 30.3 Å². The van der Waals surface area contributed by atoms with Gasteiger partial charge in [-0.25, -0.2) is 4.98 Å². The van der Waals surface area contributed by atoms with E-state index in [4.69, 9.17) is 5.11 Å². The smallest absolute Gasteiger partial charge is 0.221 e. The zero-order valence-corrected chi connectivity index (χ0v) is 10.3. The van der Waals surface area contributed by atoms with Crippen LogP contribution in [-0.4, -0.2) is 22.5 Å². The van der Waals surface area contributed by atoms with Crippen LogP contribution in [0, 0.1) is 6.92 Å². The second-order valence-corrected chi connectivity index (χ2v) is 4.78. The third-order valence-corrected chi connectivity index (χ3v) is 3.68. The van der Waals surface area contributed by atoms with E-state index in [0.717, 1.165) is 10.6 Å². The molecule has 0 spiro atoms. The maximum Gasteiger partial charge on any atom is 0.221 e. The number of thiazole rings is 1. The van der Waals surface area contributed by atoms with Crippen LogP contribution in [0.3, 0.4) is 0 Å². The molecule has 17 heavy (non-hydrogen) atoms. The molecule has 1 aromatic heterocycles. The van der Waals surface area contributed by atoms with Crippen molar-refractivity contribution in [3.63, 3.8) is 0 Å². The number of aliphatic hydroxyl groups is 1. The quantitative estimate of drug-likeness (QED) is 0.843. The molecule has 0 aliphatic carbocycles. The minimum atomic E-state index is -0.0529. The van der Waals surface area contributed by atoms with Gasteiger partial charge in [0.1, 0.15) is 0 Å². The van der Waals surface area contributed by atoms with Gasteiger partial charge in [-0.3, -0.25) is 4.79 Å². The summed E-state index contributed by atoms with van der Waals surface area (Å²) in [7, 11) is 0. The zero-order chi connectivity index (χ0) is 12.3. The molecule has 0 radical (unpaired) electrons. The van der Waals surface area contributed by atoms with E-state index < -0.39 is 0 Å². The lowest BCUT2D eigenvalue weighted by molar-refractivity contribution is 0.103. The highest BCUT2D eigenvalue weighted by atomic mass is 32.1. The van der Waals surface area contributed by atoms with Crippen LogP contribution in [-0.2, 0) is 6.42 Å². The Balaban J connectivity index is 2.29. The van der Waals surface area contributed by atoms with E-state index in [1.165, 1.54) is 11.3 Å². The lowest BCUT2D eigenvalue weighted by Crippen LogP contribution is -1.99. The monoisotopic (exact) mass is 247 g/mol. The van der Waals surface area contributed by atoms with E-state index >= 15 is 0 Å². The number of aryl methyl sites for hydroxylation is 1. The first-order valence-corrected chi connectivity index (χ1v) is 6.21. The van der Waals surface area contributed by atoms with Gasteiger partial charge in [0, 0.05) is 23.5 Å². The summed E-state index contributed by atoms with van der Waals surface area (Å²) in [6, 6.07) is 9.11. The van der Waals surface area contributed by atoms with Crippen LogP contribution in [0.2, 0.25) is 0 Å². The summed E-state index contributed by atoms with van der Waals surface area (Å²) >= 11 is 1.37. The molecule has 0 amide bonds. The first kappa shape index (κ1) is 12.0. The molecule has 0 saturated heterocycles. The average molecular weight is 247 g/mol. The fourth-order valence-electron chi connectivity index (χ4n) is 1.57. The molecule has 1 N–H and O–H groups in total. The van der Waals surface area contributed by atoms with Gasteiger partial charge in [-0.2, -0.15) is 0 Å². The predicted octanol–water partition coefficient (Wildman–Crippen LogP) is 2.22. The van der Waals surface area contributed by atoms with Crippen LogP contribution >= 0.6 is 11.3 Å². The third kappa shape index (κ3) is 2.60. The van der Waals surface area contributed by atoms with Crippen molar-refractivity contribution in [3.8, 4) is 0 Å². The molecule has 1 heterocycles. The van der Waals surface area contributed by atoms with Gasteiger partial charge in [0.2, 0.25) is 5.78 Å². The van der Waals surface area contributed by atoms with Crippen molar-refractivity contribution >= 4 is 17.1 Å². The van der Waals surface area contributed by atoms with Crippen LogP contribution in [0.4, 0.5) is 0 Å². The maximum atomic E-state index is 12.1. The summed E-state index contributed by atoms with van der Waals surface area (Å²) < 4.78 is 0. The van der Waals surface area contributed by atoms with Crippen LogP contribution in [0.5, 0.6) is 0 Å². The van der Waals surface area contributed by atoms with E-state index in [1.807, 2.05) is 25.1 Å². The predicted molar refractivity (Wildman–Crippen MR) is 67.5 cm³/mol. The van der Waals surface area contributed by atoms with Crippen molar-refractivity contribution in [1.82, 2.24) is 4.98 Å². The molecule has 0 saturated carbocycles. The molecule has 0 aliphatic heterocycles. The molecular formula is C13H13NO2S. The number of rotatable bonds is 4. The summed E-state index contributed by atoms with van der Waals surface area (Å²) in [5, 5.41) is 9.40. The molecule has 4 heteroatoms. The Morgan fingerprint density at radius 2 is 2.06 bits per heavy atom. The average Bonchev–Trinajstić information content (AvgIpc) is 2.72. The van der Waals surface area contributed by atoms with Gasteiger partial charge in [-0.05, 0) is 6.92 Å². The SMILES string of the molecule is Cc1nc(C(=O)c2ccccc2)sc1CCO. The molecule has 3 nitrogen and oxygen atoms in total. The van der Waals surface area contributed by atoms with Gasteiger partial charge in [0.05, 0.1) is 5.69 Å². The van der Waals surface area contributed by atoms with Crippen LogP contribution in [0.15, 0.2) is 30.3 Å². The zero-order valence-electron chi connectivity index (χ0n) is 9.51. The Kier molecular flexibility index (Phi) is 3.66. The number of benzene rings is 1. The largest absolute Gasteiger partial charge is 0.396 e. The normalized spacial score (nSPS) is 10.5. The minimum absolute atomic E-state index is 0.0529. The van der Waals surface area contributed by atoms with Gasteiger partial charge in [0.15, 0.2) is 5.01 Å². The highest BCUT2D eigenvalue weighted by molar-refractivity contribution is 7.13. The second-order valence-electron chi connectivity index (χ2n) is 3.70. The molecule has 1 aromatic carbocycles. The van der Waals surface area contributed by atoms with Gasteiger partial charge >= 0.3 is 0 Å². The number of carbonyl (C=O) groups excluding carboxylic acids is 1. The first-order valence-electron chi connectivity index (χ1n) is 5.39.